The molecular formula is C23H25ClFN5O2. The Morgan fingerprint density at radius 1 is 1.19 bits per heavy atom. The fourth-order valence-corrected chi connectivity index (χ4v) is 4.77. The Labute approximate surface area is 191 Å². The molecule has 1 saturated carbocycles. The van der Waals surface area contributed by atoms with Crippen LogP contribution in [-0.4, -0.2) is 39.9 Å². The Morgan fingerprint density at radius 2 is 1.97 bits per heavy atom. The van der Waals surface area contributed by atoms with Crippen LogP contribution in [0.2, 0.25) is 5.02 Å². The number of hydrogen-bond acceptors (Lipinski definition) is 7. The van der Waals surface area contributed by atoms with Crippen LogP contribution < -0.4 is 9.64 Å². The smallest absolute Gasteiger partial charge is 0.250 e. The number of rotatable bonds is 7. The van der Waals surface area contributed by atoms with Gasteiger partial charge in [0.2, 0.25) is 11.8 Å². The molecule has 0 unspecified atom stereocenters. The Bertz CT molecular complexity index is 1070. The topological polar surface area (TPSA) is 77.2 Å². The first kappa shape index (κ1) is 21.1. The lowest BCUT2D eigenvalue weighted by Gasteiger charge is -2.32. The second-order valence-corrected chi connectivity index (χ2v) is 9.03. The molecule has 1 aromatic carbocycles. The quantitative estimate of drug-likeness (QED) is 0.496. The van der Waals surface area contributed by atoms with Crippen molar-refractivity contribution >= 4 is 17.5 Å². The summed E-state index contributed by atoms with van der Waals surface area (Å²) in [6, 6.07) is 4.75. The summed E-state index contributed by atoms with van der Waals surface area (Å²) in [5.74, 6) is 3.67. The third-order valence-electron chi connectivity index (χ3n) is 6.47. The van der Waals surface area contributed by atoms with Crippen LogP contribution in [0, 0.1) is 30.5 Å². The zero-order chi connectivity index (χ0) is 22.1. The molecule has 3 aromatic rings. The van der Waals surface area contributed by atoms with Crippen molar-refractivity contribution in [2.45, 2.75) is 32.6 Å². The van der Waals surface area contributed by atoms with Gasteiger partial charge in [0.15, 0.2) is 0 Å². The average molecular weight is 458 g/mol. The molecule has 32 heavy (non-hydrogen) atoms. The molecule has 0 amide bonds. The van der Waals surface area contributed by atoms with Gasteiger partial charge in [0.25, 0.3) is 5.89 Å². The molecule has 2 aliphatic rings. The first-order valence-corrected chi connectivity index (χ1v) is 11.4. The summed E-state index contributed by atoms with van der Waals surface area (Å²) >= 11 is 5.88. The molecule has 1 saturated heterocycles. The number of aryl methyl sites for hydroxylation is 1. The van der Waals surface area contributed by atoms with Crippen molar-refractivity contribution in [2.75, 3.05) is 24.6 Å². The lowest BCUT2D eigenvalue weighted by atomic mass is 9.90. The standard InChI is InChI=1S/C23H25ClFN5O2/c1-14-28-29-22(32-14)19-3-2-18(11-21(19)25)31-9-6-16-10-20(16)15-4-7-30(8-5-15)23-26-12-17(24)13-27-23/h2-3,11-13,15-16,20H,4-10H2,1H3/t16-,20+/m1/s1. The predicted molar refractivity (Wildman–Crippen MR) is 118 cm³/mol. The Kier molecular flexibility index (Phi) is 5.95. The number of halogens is 2. The Morgan fingerprint density at radius 3 is 2.66 bits per heavy atom. The fourth-order valence-electron chi connectivity index (χ4n) is 4.67. The van der Waals surface area contributed by atoms with Crippen LogP contribution in [0.5, 0.6) is 5.75 Å². The minimum atomic E-state index is -0.424. The minimum absolute atomic E-state index is 0.182. The highest BCUT2D eigenvalue weighted by Gasteiger charge is 2.43. The molecule has 5 rings (SSSR count). The van der Waals surface area contributed by atoms with E-state index in [9.17, 15) is 4.39 Å². The van der Waals surface area contributed by atoms with Crippen LogP contribution >= 0.6 is 11.6 Å². The molecule has 0 radical (unpaired) electrons. The van der Waals surface area contributed by atoms with Gasteiger partial charge in [-0.1, -0.05) is 11.6 Å². The number of piperidine rings is 1. The first-order valence-electron chi connectivity index (χ1n) is 11.0. The van der Waals surface area contributed by atoms with E-state index in [2.05, 4.69) is 25.1 Å². The third-order valence-corrected chi connectivity index (χ3v) is 6.66. The predicted octanol–water partition coefficient (Wildman–Crippen LogP) is 4.95. The van der Waals surface area contributed by atoms with Gasteiger partial charge in [-0.25, -0.2) is 14.4 Å². The van der Waals surface area contributed by atoms with Crippen molar-refractivity contribution in [2.24, 2.45) is 17.8 Å². The van der Waals surface area contributed by atoms with Crippen molar-refractivity contribution in [1.82, 2.24) is 20.2 Å². The van der Waals surface area contributed by atoms with E-state index in [0.29, 0.717) is 29.2 Å². The van der Waals surface area contributed by atoms with E-state index in [1.807, 2.05) is 0 Å². The van der Waals surface area contributed by atoms with Gasteiger partial charge >= 0.3 is 0 Å². The molecule has 2 atom stereocenters. The van der Waals surface area contributed by atoms with Gasteiger partial charge in [0.1, 0.15) is 11.6 Å². The van der Waals surface area contributed by atoms with E-state index in [1.54, 1.807) is 31.5 Å². The largest absolute Gasteiger partial charge is 0.493 e. The zero-order valence-corrected chi connectivity index (χ0v) is 18.6. The van der Waals surface area contributed by atoms with E-state index in [0.717, 1.165) is 50.1 Å². The highest BCUT2D eigenvalue weighted by Crippen LogP contribution is 2.49. The van der Waals surface area contributed by atoms with Crippen LogP contribution in [-0.2, 0) is 0 Å². The molecule has 2 fully saturated rings. The number of aromatic nitrogens is 4. The highest BCUT2D eigenvalue weighted by molar-refractivity contribution is 6.30. The number of nitrogens with zero attached hydrogens (tertiary/aromatic N) is 5. The van der Waals surface area contributed by atoms with E-state index in [1.165, 1.54) is 12.5 Å². The van der Waals surface area contributed by atoms with E-state index in [4.69, 9.17) is 20.8 Å². The summed E-state index contributed by atoms with van der Waals surface area (Å²) < 4.78 is 25.5. The maximum absolute atomic E-state index is 14.4. The van der Waals surface area contributed by atoms with Crippen LogP contribution in [0.25, 0.3) is 11.5 Å². The molecular weight excluding hydrogens is 433 g/mol. The third kappa shape index (κ3) is 4.70. The molecule has 1 aliphatic carbocycles. The fraction of sp³-hybridized carbons (Fsp3) is 0.478. The summed E-state index contributed by atoms with van der Waals surface area (Å²) in [5, 5.41) is 8.17. The lowest BCUT2D eigenvalue weighted by molar-refractivity contribution is 0.283. The van der Waals surface area contributed by atoms with Gasteiger partial charge in [-0.15, -0.1) is 10.2 Å². The Balaban J connectivity index is 1.06. The summed E-state index contributed by atoms with van der Waals surface area (Å²) in [5.41, 5.74) is 0.288. The molecule has 0 bridgehead atoms. The second kappa shape index (κ2) is 9.02. The monoisotopic (exact) mass is 457 g/mol. The molecule has 1 aliphatic heterocycles. The summed E-state index contributed by atoms with van der Waals surface area (Å²) in [4.78, 5) is 10.9. The van der Waals surface area contributed by atoms with Crippen LogP contribution in [0.3, 0.4) is 0 Å². The second-order valence-electron chi connectivity index (χ2n) is 8.59. The van der Waals surface area contributed by atoms with E-state index in [-0.39, 0.29) is 11.5 Å². The van der Waals surface area contributed by atoms with Crippen molar-refractivity contribution < 1.29 is 13.5 Å². The molecule has 3 heterocycles. The average Bonchev–Trinajstić information content (AvgIpc) is 3.44. The van der Waals surface area contributed by atoms with Gasteiger partial charge in [0.05, 0.1) is 29.6 Å². The highest BCUT2D eigenvalue weighted by atomic mass is 35.5. The normalized spacial score (nSPS) is 21.0. The van der Waals surface area contributed by atoms with Gasteiger partial charge < -0.3 is 14.1 Å². The molecule has 168 valence electrons. The van der Waals surface area contributed by atoms with E-state index < -0.39 is 5.82 Å². The van der Waals surface area contributed by atoms with E-state index >= 15 is 0 Å². The maximum Gasteiger partial charge on any atom is 0.250 e. The molecule has 0 N–H and O–H groups in total. The molecule has 9 heteroatoms. The number of ether oxygens (including phenoxy) is 1. The summed E-state index contributed by atoms with van der Waals surface area (Å²) in [6.07, 6.45) is 7.88. The minimum Gasteiger partial charge on any atom is -0.493 e. The van der Waals surface area contributed by atoms with Gasteiger partial charge in [-0.3, -0.25) is 0 Å². The summed E-state index contributed by atoms with van der Waals surface area (Å²) in [7, 11) is 0. The van der Waals surface area contributed by atoms with Gasteiger partial charge in [-0.2, -0.15) is 0 Å². The number of anilines is 1. The lowest BCUT2D eigenvalue weighted by Crippen LogP contribution is -2.35. The Hall–Kier alpha value is -2.74. The van der Waals surface area contributed by atoms with Crippen LogP contribution in [0.4, 0.5) is 10.3 Å². The van der Waals surface area contributed by atoms with Crippen LogP contribution in [0.1, 0.15) is 31.6 Å². The molecule has 0 spiro atoms. The van der Waals surface area contributed by atoms with Gasteiger partial charge in [-0.05, 0) is 55.6 Å². The summed E-state index contributed by atoms with van der Waals surface area (Å²) in [6.45, 7) is 4.24. The zero-order valence-electron chi connectivity index (χ0n) is 17.9. The van der Waals surface area contributed by atoms with Crippen molar-refractivity contribution in [3.05, 3.63) is 47.3 Å². The van der Waals surface area contributed by atoms with Crippen LogP contribution in [0.15, 0.2) is 35.0 Å². The van der Waals surface area contributed by atoms with Crippen molar-refractivity contribution in [3.63, 3.8) is 0 Å². The van der Waals surface area contributed by atoms with Crippen molar-refractivity contribution in [3.8, 4) is 17.2 Å². The SMILES string of the molecule is Cc1nnc(-c2ccc(OCC[C@@H]3C[C@H]3C3CCN(c4ncc(Cl)cn4)CC3)cc2F)o1. The van der Waals surface area contributed by atoms with Crippen molar-refractivity contribution in [1.29, 1.82) is 0 Å². The molecule has 7 nitrogen and oxygen atoms in total. The number of hydrogen-bond donors (Lipinski definition) is 0. The maximum atomic E-state index is 14.4. The number of benzene rings is 1. The van der Waals surface area contributed by atoms with Gasteiger partial charge in [0, 0.05) is 26.1 Å². The molecule has 2 aromatic heterocycles. The first-order chi connectivity index (χ1) is 15.6.